The van der Waals surface area contributed by atoms with Crippen molar-refractivity contribution in [3.63, 3.8) is 0 Å². The van der Waals surface area contributed by atoms with Crippen molar-refractivity contribution in [3.8, 4) is 11.5 Å². The smallest absolute Gasteiger partial charge is 0.410 e. The summed E-state index contributed by atoms with van der Waals surface area (Å²) in [6.45, 7) is 15.6. The fraction of sp³-hybridized carbons (Fsp3) is 0.583. The van der Waals surface area contributed by atoms with Crippen LogP contribution in [0.4, 0.5) is 4.79 Å². The lowest BCUT2D eigenvalue weighted by Crippen LogP contribution is -2.62. The number of sulfonamides is 1. The highest BCUT2D eigenvalue weighted by Gasteiger charge is 2.38. The van der Waals surface area contributed by atoms with Crippen molar-refractivity contribution in [1.82, 2.24) is 19.6 Å². The lowest BCUT2D eigenvalue weighted by molar-refractivity contribution is -0.151. The highest BCUT2D eigenvalue weighted by Crippen LogP contribution is 2.35. The van der Waals surface area contributed by atoms with E-state index in [9.17, 15) is 27.9 Å². The van der Waals surface area contributed by atoms with Crippen molar-refractivity contribution in [2.24, 2.45) is 11.3 Å². The Kier molecular flexibility index (Phi) is 13.3. The molecular formula is C36H54N4O9S. The lowest BCUT2D eigenvalue weighted by atomic mass is 9.91. The monoisotopic (exact) mass is 718 g/mol. The number of aliphatic hydroxyl groups excluding tert-OH is 1. The molecule has 0 unspecified atom stereocenters. The van der Waals surface area contributed by atoms with E-state index in [0.29, 0.717) is 11.5 Å². The van der Waals surface area contributed by atoms with Crippen molar-refractivity contribution in [2.45, 2.75) is 104 Å². The number of hydrogen-bond acceptors (Lipinski definition) is 9. The molecule has 2 aromatic rings. The van der Waals surface area contributed by atoms with Gasteiger partial charge in [0, 0.05) is 32.6 Å². The Bertz CT molecular complexity index is 1590. The number of likely N-dealkylation sites (N-methyl/N-ethyl adjacent to an activating group) is 1. The largest absolute Gasteiger partial charge is 0.454 e. The van der Waals surface area contributed by atoms with E-state index in [1.165, 1.54) is 36.5 Å². The summed E-state index contributed by atoms with van der Waals surface area (Å²) in [5.41, 5.74) is 2.12. The molecule has 2 N–H and O–H groups in total. The van der Waals surface area contributed by atoms with E-state index in [2.05, 4.69) is 5.43 Å². The summed E-state index contributed by atoms with van der Waals surface area (Å²) in [7, 11) is -2.76. The van der Waals surface area contributed by atoms with Crippen molar-refractivity contribution in [1.29, 1.82) is 0 Å². The van der Waals surface area contributed by atoms with Gasteiger partial charge in [-0.3, -0.25) is 19.9 Å². The minimum Gasteiger partial charge on any atom is -0.454 e. The van der Waals surface area contributed by atoms with E-state index in [1.54, 1.807) is 20.8 Å². The number of amides is 3. The molecule has 0 spiro atoms. The maximum Gasteiger partial charge on any atom is 0.410 e. The zero-order valence-corrected chi connectivity index (χ0v) is 31.7. The van der Waals surface area contributed by atoms with Crippen LogP contribution in [0.1, 0.15) is 74.3 Å². The number of carbonyl (C=O) groups is 3. The molecule has 3 rings (SSSR count). The van der Waals surface area contributed by atoms with Crippen LogP contribution in [-0.4, -0.2) is 96.4 Å². The topological polar surface area (TPSA) is 155 Å². The molecule has 3 atom stereocenters. The van der Waals surface area contributed by atoms with Gasteiger partial charge in [-0.25, -0.2) is 18.2 Å². The molecule has 0 saturated carbocycles. The van der Waals surface area contributed by atoms with Crippen LogP contribution in [0, 0.1) is 11.3 Å². The van der Waals surface area contributed by atoms with E-state index in [1.807, 2.05) is 65.0 Å². The molecule has 50 heavy (non-hydrogen) atoms. The van der Waals surface area contributed by atoms with Crippen molar-refractivity contribution >= 4 is 27.9 Å². The van der Waals surface area contributed by atoms with Crippen LogP contribution in [0.25, 0.3) is 0 Å². The summed E-state index contributed by atoms with van der Waals surface area (Å²) < 4.78 is 45.6. The third-order valence-electron chi connectivity index (χ3n) is 7.83. The summed E-state index contributed by atoms with van der Waals surface area (Å²) in [5, 5.41) is 13.1. The van der Waals surface area contributed by atoms with Crippen LogP contribution in [0.2, 0.25) is 0 Å². The van der Waals surface area contributed by atoms with Gasteiger partial charge in [0.1, 0.15) is 11.6 Å². The summed E-state index contributed by atoms with van der Waals surface area (Å²) >= 11 is 0. The average molecular weight is 719 g/mol. The predicted octanol–water partition coefficient (Wildman–Crippen LogP) is 4.59. The van der Waals surface area contributed by atoms with Crippen LogP contribution >= 0.6 is 0 Å². The van der Waals surface area contributed by atoms with E-state index >= 15 is 0 Å². The fourth-order valence-corrected chi connectivity index (χ4v) is 6.84. The Morgan fingerprint density at radius 3 is 2.14 bits per heavy atom. The van der Waals surface area contributed by atoms with Gasteiger partial charge in [-0.05, 0) is 63.1 Å². The molecule has 2 aromatic carbocycles. The van der Waals surface area contributed by atoms with E-state index in [0.717, 1.165) is 15.5 Å². The third-order valence-corrected chi connectivity index (χ3v) is 9.66. The Hall–Kier alpha value is -3.88. The van der Waals surface area contributed by atoms with E-state index < -0.39 is 63.7 Å². The van der Waals surface area contributed by atoms with Crippen molar-refractivity contribution in [3.05, 3.63) is 54.1 Å². The molecule has 1 heterocycles. The Morgan fingerprint density at radius 1 is 0.940 bits per heavy atom. The van der Waals surface area contributed by atoms with Gasteiger partial charge >= 0.3 is 6.09 Å². The number of benzene rings is 2. The van der Waals surface area contributed by atoms with Gasteiger partial charge in [-0.2, -0.15) is 4.31 Å². The second-order valence-corrected chi connectivity index (χ2v) is 17.2. The van der Waals surface area contributed by atoms with Gasteiger partial charge in [0.2, 0.25) is 22.7 Å². The number of hydrazine groups is 1. The van der Waals surface area contributed by atoms with Crippen molar-refractivity contribution in [2.75, 3.05) is 26.9 Å². The molecule has 13 nitrogen and oxygen atoms in total. The quantitative estimate of drug-likeness (QED) is 0.283. The molecule has 3 amide bonds. The van der Waals surface area contributed by atoms with E-state index in [-0.39, 0.29) is 37.0 Å². The van der Waals surface area contributed by atoms with E-state index in [4.69, 9.17) is 14.2 Å². The van der Waals surface area contributed by atoms with Crippen LogP contribution in [0.5, 0.6) is 11.5 Å². The Morgan fingerprint density at radius 2 is 1.56 bits per heavy atom. The Balaban J connectivity index is 2.04. The molecule has 0 saturated heterocycles. The molecule has 0 fully saturated rings. The van der Waals surface area contributed by atoms with Gasteiger partial charge in [0.05, 0.1) is 17.0 Å². The number of rotatable bonds is 13. The number of nitrogens with one attached hydrogen (secondary N) is 1. The standard InChI is InChI=1S/C36H54N4O9S/c1-24(2)21-39(50(45,46)27-16-17-30-31(19-27)48-23-47-30)22-29(41)28(18-26-14-12-11-13-15-26)40(32(42)20-35(4,5)6)37-33(43)25(3)38(10)34(44)49-36(7,8)9/h11-17,19,24-25,28-29,41H,18,20-23H2,1-10H3,(H,37,43)/t25-,28-,29+/m0/s1. The van der Waals surface area contributed by atoms with Gasteiger partial charge in [0.15, 0.2) is 11.5 Å². The maximum absolute atomic E-state index is 14.1. The molecular weight excluding hydrogens is 664 g/mol. The zero-order chi connectivity index (χ0) is 37.6. The molecule has 0 radical (unpaired) electrons. The SMILES string of the molecule is CC(C)CN(C[C@@H](O)[C@H](Cc1ccccc1)N(NC(=O)[C@H](C)N(C)C(=O)OC(C)(C)C)C(=O)CC(C)(C)C)S(=O)(=O)c1ccc2c(c1)OCO2. The minimum absolute atomic E-state index is 0.00716. The van der Waals surface area contributed by atoms with Crippen LogP contribution in [-0.2, 0) is 30.8 Å². The van der Waals surface area contributed by atoms with Gasteiger partial charge in [0.25, 0.3) is 5.91 Å². The Labute approximate surface area is 296 Å². The van der Waals surface area contributed by atoms with Gasteiger partial charge in [-0.1, -0.05) is 65.0 Å². The maximum atomic E-state index is 14.1. The van der Waals surface area contributed by atoms with Crippen LogP contribution < -0.4 is 14.9 Å². The van der Waals surface area contributed by atoms with Crippen molar-refractivity contribution < 1.29 is 42.1 Å². The molecule has 0 aliphatic carbocycles. The summed E-state index contributed by atoms with van der Waals surface area (Å²) in [5.74, 6) is -0.589. The average Bonchev–Trinajstić information content (AvgIpc) is 3.48. The first-order chi connectivity index (χ1) is 23.1. The first kappa shape index (κ1) is 40.5. The summed E-state index contributed by atoms with van der Waals surface area (Å²) in [6, 6.07) is 11.2. The highest BCUT2D eigenvalue weighted by atomic mass is 32.2. The fourth-order valence-electron chi connectivity index (χ4n) is 5.20. The highest BCUT2D eigenvalue weighted by molar-refractivity contribution is 7.89. The number of carbonyl (C=O) groups excluding carboxylic acids is 3. The number of ether oxygens (including phenoxy) is 3. The molecule has 14 heteroatoms. The first-order valence-electron chi connectivity index (χ1n) is 16.8. The first-order valence-corrected chi connectivity index (χ1v) is 18.2. The third kappa shape index (κ3) is 11.3. The molecule has 0 aromatic heterocycles. The van der Waals surface area contributed by atoms with Gasteiger partial charge < -0.3 is 19.3 Å². The van der Waals surface area contributed by atoms with Gasteiger partial charge in [-0.15, -0.1) is 0 Å². The van der Waals surface area contributed by atoms with Crippen LogP contribution in [0.15, 0.2) is 53.4 Å². The normalized spacial score (nSPS) is 15.0. The summed E-state index contributed by atoms with van der Waals surface area (Å²) in [6.07, 6.45) is -2.13. The van der Waals surface area contributed by atoms with Crippen LogP contribution in [0.3, 0.4) is 0 Å². The molecule has 1 aliphatic rings. The number of nitrogens with zero attached hydrogens (tertiary/aromatic N) is 3. The predicted molar refractivity (Wildman–Crippen MR) is 189 cm³/mol. The number of fused-ring (bicyclic) bond motifs is 1. The molecule has 278 valence electrons. The summed E-state index contributed by atoms with van der Waals surface area (Å²) in [4.78, 5) is 41.7. The minimum atomic E-state index is -4.18. The second kappa shape index (κ2) is 16.4. The lowest BCUT2D eigenvalue weighted by Gasteiger charge is -2.39. The second-order valence-electron chi connectivity index (χ2n) is 15.3. The zero-order valence-electron chi connectivity index (χ0n) is 30.9. The molecule has 0 bridgehead atoms. The number of aliphatic hydroxyl groups is 1. The number of hydrogen-bond donors (Lipinski definition) is 2. The molecule has 1 aliphatic heterocycles.